The third-order valence-corrected chi connectivity index (χ3v) is 4.61. The van der Waals surface area contributed by atoms with Gasteiger partial charge in [-0.05, 0) is 48.7 Å². The van der Waals surface area contributed by atoms with Crippen molar-refractivity contribution in [2.45, 2.75) is 25.7 Å². The highest BCUT2D eigenvalue weighted by molar-refractivity contribution is 5.99. The number of hydrazone groups is 1. The van der Waals surface area contributed by atoms with Crippen LogP contribution in [0.15, 0.2) is 59.7 Å². The minimum absolute atomic E-state index is 0.0405. The smallest absolute Gasteiger partial charge is 0.244 e. The van der Waals surface area contributed by atoms with E-state index in [1.54, 1.807) is 24.3 Å². The Hall–Kier alpha value is -2.62. The molecule has 2 unspecified atom stereocenters. The van der Waals surface area contributed by atoms with Gasteiger partial charge in [-0.1, -0.05) is 37.3 Å². The molecule has 4 heteroatoms. The van der Waals surface area contributed by atoms with E-state index in [2.05, 4.69) is 29.6 Å². The maximum atomic E-state index is 12.3. The number of phenolic OH excluding ortho intramolecular Hbond substituents is 1. The fourth-order valence-electron chi connectivity index (χ4n) is 2.87. The van der Waals surface area contributed by atoms with E-state index in [1.165, 1.54) is 5.56 Å². The van der Waals surface area contributed by atoms with Crippen LogP contribution in [-0.4, -0.2) is 16.7 Å². The maximum Gasteiger partial charge on any atom is 0.244 e. The van der Waals surface area contributed by atoms with E-state index < -0.39 is 0 Å². The number of amides is 1. The summed E-state index contributed by atoms with van der Waals surface area (Å²) in [5, 5.41) is 13.5. The summed E-state index contributed by atoms with van der Waals surface area (Å²) in [5.74, 6) is 0.123. The lowest BCUT2D eigenvalue weighted by atomic mass is 9.95. The van der Waals surface area contributed by atoms with Gasteiger partial charge in [0.15, 0.2) is 0 Å². The molecule has 1 amide bonds. The molecule has 0 bridgehead atoms. The minimum Gasteiger partial charge on any atom is -0.508 e. The number of carbonyl (C=O) groups excluding carboxylic acids is 1. The number of benzene rings is 2. The van der Waals surface area contributed by atoms with E-state index in [9.17, 15) is 9.90 Å². The number of rotatable bonds is 4. The third kappa shape index (κ3) is 3.11. The number of phenols is 1. The number of aromatic hydroxyl groups is 1. The first-order valence-electron chi connectivity index (χ1n) is 7.70. The Bertz CT molecular complexity index is 738. The van der Waals surface area contributed by atoms with E-state index >= 15 is 0 Å². The van der Waals surface area contributed by atoms with Crippen molar-refractivity contribution in [3.8, 4) is 5.75 Å². The second-order valence-electron chi connectivity index (χ2n) is 6.26. The van der Waals surface area contributed by atoms with Crippen molar-refractivity contribution in [2.24, 2.45) is 11.0 Å². The lowest BCUT2D eigenvalue weighted by Gasteiger charge is -2.11. The van der Waals surface area contributed by atoms with Crippen LogP contribution < -0.4 is 5.43 Å². The van der Waals surface area contributed by atoms with Gasteiger partial charge in [0.05, 0.1) is 11.6 Å². The quantitative estimate of drug-likeness (QED) is 0.673. The first kappa shape index (κ1) is 15.3. The monoisotopic (exact) mass is 308 g/mol. The lowest BCUT2D eigenvalue weighted by molar-refractivity contribution is -0.122. The number of carbonyl (C=O) groups is 1. The molecule has 0 heterocycles. The van der Waals surface area contributed by atoms with E-state index in [1.807, 2.05) is 25.1 Å². The molecule has 0 aliphatic heterocycles. The Morgan fingerprint density at radius 3 is 2.48 bits per heavy atom. The molecule has 2 aromatic rings. The molecule has 2 N–H and O–H groups in total. The molecule has 0 spiro atoms. The number of hydrogen-bond acceptors (Lipinski definition) is 3. The maximum absolute atomic E-state index is 12.3. The van der Waals surface area contributed by atoms with Gasteiger partial charge in [-0.15, -0.1) is 0 Å². The van der Waals surface area contributed by atoms with Gasteiger partial charge in [0.25, 0.3) is 0 Å². The number of nitrogens with one attached hydrogen (secondary N) is 1. The van der Waals surface area contributed by atoms with Gasteiger partial charge < -0.3 is 5.11 Å². The molecule has 1 aliphatic rings. The number of hydrogen-bond donors (Lipinski definition) is 2. The fourth-order valence-corrected chi connectivity index (χ4v) is 2.87. The summed E-state index contributed by atoms with van der Waals surface area (Å²) in [7, 11) is 0. The topological polar surface area (TPSA) is 61.7 Å². The molecule has 0 radical (unpaired) electrons. The molecular formula is C19H20N2O2. The molecule has 1 aliphatic carbocycles. The van der Waals surface area contributed by atoms with E-state index in [0.717, 1.165) is 12.0 Å². The van der Waals surface area contributed by atoms with Gasteiger partial charge in [0.1, 0.15) is 5.75 Å². The van der Waals surface area contributed by atoms with Crippen molar-refractivity contribution in [1.82, 2.24) is 5.43 Å². The summed E-state index contributed by atoms with van der Waals surface area (Å²) in [6.45, 7) is 3.94. The largest absolute Gasteiger partial charge is 0.508 e. The summed E-state index contributed by atoms with van der Waals surface area (Å²) >= 11 is 0. The van der Waals surface area contributed by atoms with Gasteiger partial charge in [0.2, 0.25) is 5.91 Å². The second kappa shape index (κ2) is 5.88. The van der Waals surface area contributed by atoms with Crippen molar-refractivity contribution < 1.29 is 9.90 Å². The van der Waals surface area contributed by atoms with Crippen LogP contribution in [0, 0.1) is 5.92 Å². The van der Waals surface area contributed by atoms with Gasteiger partial charge in [-0.3, -0.25) is 4.79 Å². The van der Waals surface area contributed by atoms with Crippen molar-refractivity contribution in [3.63, 3.8) is 0 Å². The molecule has 23 heavy (non-hydrogen) atoms. The first-order chi connectivity index (χ1) is 11.0. The first-order valence-corrected chi connectivity index (χ1v) is 7.70. The van der Waals surface area contributed by atoms with Gasteiger partial charge >= 0.3 is 0 Å². The summed E-state index contributed by atoms with van der Waals surface area (Å²) in [5.41, 5.74) is 5.35. The zero-order chi connectivity index (χ0) is 16.4. The average Bonchev–Trinajstić information content (AvgIpc) is 3.27. The normalized spacial score (nSPS) is 23.4. The predicted molar refractivity (Wildman–Crippen MR) is 90.4 cm³/mol. The van der Waals surface area contributed by atoms with E-state index in [4.69, 9.17) is 0 Å². The molecule has 1 saturated carbocycles. The molecule has 2 atom stereocenters. The van der Waals surface area contributed by atoms with Crippen molar-refractivity contribution >= 4 is 11.6 Å². The van der Waals surface area contributed by atoms with Crippen molar-refractivity contribution in [3.05, 3.63) is 65.7 Å². The fraction of sp³-hybridized carbons (Fsp3) is 0.263. The highest BCUT2D eigenvalue weighted by Crippen LogP contribution is 2.53. The molecule has 2 aromatic carbocycles. The van der Waals surface area contributed by atoms with Crippen molar-refractivity contribution in [1.29, 1.82) is 0 Å². The van der Waals surface area contributed by atoms with Gasteiger partial charge in [0, 0.05) is 5.41 Å². The Morgan fingerprint density at radius 2 is 1.83 bits per heavy atom. The van der Waals surface area contributed by atoms with Crippen LogP contribution in [-0.2, 0) is 10.2 Å². The Balaban J connectivity index is 1.65. The molecule has 4 nitrogen and oxygen atoms in total. The molecule has 3 rings (SSSR count). The van der Waals surface area contributed by atoms with Crippen LogP contribution in [0.1, 0.15) is 31.4 Å². The molecule has 118 valence electrons. The lowest BCUT2D eigenvalue weighted by Crippen LogP contribution is -2.24. The second-order valence-corrected chi connectivity index (χ2v) is 6.26. The SMILES string of the molecule is C/C(=N\NC(=O)C1CC1(C)c1ccccc1)c1ccc(O)cc1. The molecular weight excluding hydrogens is 288 g/mol. The minimum atomic E-state index is -0.0900. The van der Waals surface area contributed by atoms with Crippen LogP contribution in [0.3, 0.4) is 0 Å². The Morgan fingerprint density at radius 1 is 1.17 bits per heavy atom. The zero-order valence-electron chi connectivity index (χ0n) is 13.3. The zero-order valence-corrected chi connectivity index (χ0v) is 13.3. The number of nitrogens with zero attached hydrogens (tertiary/aromatic N) is 1. The highest BCUT2D eigenvalue weighted by atomic mass is 16.3. The Labute approximate surface area is 135 Å². The highest BCUT2D eigenvalue weighted by Gasteiger charge is 2.55. The van der Waals surface area contributed by atoms with E-state index in [0.29, 0.717) is 5.71 Å². The van der Waals surface area contributed by atoms with Crippen LogP contribution >= 0.6 is 0 Å². The van der Waals surface area contributed by atoms with Gasteiger partial charge in [-0.25, -0.2) is 5.43 Å². The van der Waals surface area contributed by atoms with Crippen LogP contribution in [0.4, 0.5) is 0 Å². The van der Waals surface area contributed by atoms with Crippen molar-refractivity contribution in [2.75, 3.05) is 0 Å². The summed E-state index contributed by atoms with van der Waals surface area (Å²) in [4.78, 5) is 12.3. The standard InChI is InChI=1S/C19H20N2O2/c1-13(14-8-10-16(22)11-9-14)20-21-18(23)17-12-19(17,2)15-6-4-3-5-7-15/h3-11,17,22H,12H2,1-2H3,(H,21,23)/b20-13+. The van der Waals surface area contributed by atoms with Crippen LogP contribution in [0.5, 0.6) is 5.75 Å². The molecule has 0 aromatic heterocycles. The predicted octanol–water partition coefficient (Wildman–Crippen LogP) is 3.21. The summed E-state index contributed by atoms with van der Waals surface area (Å²) < 4.78 is 0. The van der Waals surface area contributed by atoms with Crippen LogP contribution in [0.25, 0.3) is 0 Å². The summed E-state index contributed by atoms with van der Waals surface area (Å²) in [6, 6.07) is 16.9. The van der Waals surface area contributed by atoms with Crippen LogP contribution in [0.2, 0.25) is 0 Å². The molecule has 1 fully saturated rings. The Kier molecular flexibility index (Phi) is 3.90. The molecule has 0 saturated heterocycles. The third-order valence-electron chi connectivity index (χ3n) is 4.61. The summed E-state index contributed by atoms with van der Waals surface area (Å²) in [6.07, 6.45) is 0.844. The average molecular weight is 308 g/mol. The van der Waals surface area contributed by atoms with E-state index in [-0.39, 0.29) is 23.0 Å². The van der Waals surface area contributed by atoms with Gasteiger partial charge in [-0.2, -0.15) is 5.10 Å².